The summed E-state index contributed by atoms with van der Waals surface area (Å²) in [6.07, 6.45) is 6.17. The highest BCUT2D eigenvalue weighted by Gasteiger charge is 2.57. The molecule has 4 atom stereocenters. The second kappa shape index (κ2) is 4.59. The van der Waals surface area contributed by atoms with Crippen molar-refractivity contribution in [2.45, 2.75) is 12.8 Å². The summed E-state index contributed by atoms with van der Waals surface area (Å²) in [4.78, 5) is 26.8. The van der Waals surface area contributed by atoms with Gasteiger partial charge in [-0.1, -0.05) is 35.4 Å². The number of carbonyl (C=O) groups excluding carboxylic acids is 2. The number of benzene rings is 1. The van der Waals surface area contributed by atoms with Crippen LogP contribution in [0.4, 0.5) is 5.69 Å². The highest BCUT2D eigenvalue weighted by atomic mass is 35.5. The van der Waals surface area contributed by atoms with Crippen LogP contribution >= 0.6 is 23.2 Å². The maximum atomic E-state index is 12.8. The summed E-state index contributed by atoms with van der Waals surface area (Å²) in [6.45, 7) is 0. The van der Waals surface area contributed by atoms with Crippen molar-refractivity contribution in [2.24, 2.45) is 23.7 Å². The third-order valence-corrected chi connectivity index (χ3v) is 5.46. The molecule has 0 N–H and O–H groups in total. The number of halogens is 2. The van der Waals surface area contributed by atoms with Gasteiger partial charge in [-0.2, -0.15) is 0 Å². The average Bonchev–Trinajstić information content (AvgIpc) is 2.77. The van der Waals surface area contributed by atoms with E-state index in [1.807, 2.05) is 0 Å². The molecule has 21 heavy (non-hydrogen) atoms. The number of nitrogens with zero attached hydrogens (tertiary/aromatic N) is 1. The fourth-order valence-corrected chi connectivity index (χ4v) is 4.34. The first-order chi connectivity index (χ1) is 10.1. The van der Waals surface area contributed by atoms with Gasteiger partial charge in [0.2, 0.25) is 11.8 Å². The van der Waals surface area contributed by atoms with Crippen LogP contribution in [0.15, 0.2) is 30.4 Å². The van der Waals surface area contributed by atoms with Gasteiger partial charge >= 0.3 is 0 Å². The molecule has 2 fully saturated rings. The summed E-state index contributed by atoms with van der Waals surface area (Å²) < 4.78 is 0. The predicted octanol–water partition coefficient (Wildman–Crippen LogP) is 3.70. The van der Waals surface area contributed by atoms with Crippen LogP contribution in [0.1, 0.15) is 12.8 Å². The van der Waals surface area contributed by atoms with Crippen LogP contribution < -0.4 is 4.90 Å². The fraction of sp³-hybridized carbons (Fsp3) is 0.375. The number of amides is 2. The smallest absolute Gasteiger partial charge is 0.238 e. The van der Waals surface area contributed by atoms with Crippen LogP contribution in [0.3, 0.4) is 0 Å². The molecule has 108 valence electrons. The molecule has 3 nitrogen and oxygen atoms in total. The second-order valence-electron chi connectivity index (χ2n) is 5.95. The summed E-state index contributed by atoms with van der Waals surface area (Å²) in [5.41, 5.74) is 0.410. The molecule has 0 unspecified atom stereocenters. The number of hydrogen-bond donors (Lipinski definition) is 0. The summed E-state index contributed by atoms with van der Waals surface area (Å²) in [7, 11) is 0. The Hall–Kier alpha value is -1.32. The Morgan fingerprint density at radius 2 is 1.52 bits per heavy atom. The Labute approximate surface area is 132 Å². The minimum Gasteiger partial charge on any atom is -0.274 e. The molecule has 1 heterocycles. The van der Waals surface area contributed by atoms with E-state index in [-0.39, 0.29) is 35.5 Å². The number of rotatable bonds is 1. The lowest BCUT2D eigenvalue weighted by molar-refractivity contribution is -0.124. The Kier molecular flexibility index (Phi) is 2.92. The second-order valence-corrected chi connectivity index (χ2v) is 6.79. The molecule has 1 saturated carbocycles. The SMILES string of the molecule is O=C1[C@@H]2[C@@H](C(=O)N1c1cc(Cl)ccc1Cl)[C@H]1C=C[C@H]2CC1. The van der Waals surface area contributed by atoms with E-state index in [2.05, 4.69) is 12.2 Å². The van der Waals surface area contributed by atoms with E-state index in [1.165, 1.54) is 4.90 Å². The van der Waals surface area contributed by atoms with E-state index in [0.29, 0.717) is 15.7 Å². The molecule has 2 amide bonds. The molecule has 1 saturated heterocycles. The van der Waals surface area contributed by atoms with E-state index < -0.39 is 0 Å². The monoisotopic (exact) mass is 321 g/mol. The van der Waals surface area contributed by atoms with Gasteiger partial charge < -0.3 is 0 Å². The van der Waals surface area contributed by atoms with E-state index in [1.54, 1.807) is 18.2 Å². The van der Waals surface area contributed by atoms with Crippen molar-refractivity contribution >= 4 is 40.7 Å². The zero-order valence-corrected chi connectivity index (χ0v) is 12.6. The number of carbonyl (C=O) groups is 2. The van der Waals surface area contributed by atoms with Gasteiger partial charge in [0.15, 0.2) is 0 Å². The molecular weight excluding hydrogens is 309 g/mol. The average molecular weight is 322 g/mol. The topological polar surface area (TPSA) is 37.4 Å². The third kappa shape index (κ3) is 1.80. The molecule has 1 aliphatic heterocycles. The first kappa shape index (κ1) is 13.4. The molecule has 1 aromatic carbocycles. The van der Waals surface area contributed by atoms with E-state index in [0.717, 1.165) is 12.8 Å². The van der Waals surface area contributed by atoms with Crippen molar-refractivity contribution in [3.8, 4) is 0 Å². The summed E-state index contributed by atoms with van der Waals surface area (Å²) in [5.74, 6) is -0.354. The van der Waals surface area contributed by atoms with Gasteiger partial charge in [-0.25, -0.2) is 4.90 Å². The Morgan fingerprint density at radius 3 is 2.05 bits per heavy atom. The largest absolute Gasteiger partial charge is 0.274 e. The van der Waals surface area contributed by atoms with Crippen molar-refractivity contribution < 1.29 is 9.59 Å². The lowest BCUT2D eigenvalue weighted by atomic mass is 9.63. The van der Waals surface area contributed by atoms with Gasteiger partial charge in [-0.05, 0) is 42.9 Å². The number of fused-ring (bicyclic) bond motifs is 1. The Morgan fingerprint density at radius 1 is 0.952 bits per heavy atom. The summed E-state index contributed by atoms with van der Waals surface area (Å²) in [5, 5.41) is 0.839. The van der Waals surface area contributed by atoms with Crippen molar-refractivity contribution in [1.29, 1.82) is 0 Å². The molecule has 1 aromatic rings. The molecule has 3 aliphatic carbocycles. The maximum absolute atomic E-state index is 12.8. The Balaban J connectivity index is 1.80. The van der Waals surface area contributed by atoms with Crippen molar-refractivity contribution in [1.82, 2.24) is 0 Å². The Bertz CT molecular complexity index is 653. The van der Waals surface area contributed by atoms with Crippen molar-refractivity contribution in [3.05, 3.63) is 40.4 Å². The highest BCUT2D eigenvalue weighted by molar-refractivity contribution is 6.37. The molecule has 5 rings (SSSR count). The fourth-order valence-electron chi connectivity index (χ4n) is 3.97. The van der Waals surface area contributed by atoms with Crippen LogP contribution in [-0.2, 0) is 9.59 Å². The van der Waals surface area contributed by atoms with Gasteiger partial charge in [-0.3, -0.25) is 9.59 Å². The number of imide groups is 1. The van der Waals surface area contributed by atoms with Gasteiger partial charge in [0.25, 0.3) is 0 Å². The molecule has 0 spiro atoms. The van der Waals surface area contributed by atoms with Crippen molar-refractivity contribution in [3.63, 3.8) is 0 Å². The molecule has 5 heteroatoms. The van der Waals surface area contributed by atoms with Crippen LogP contribution in [0, 0.1) is 23.7 Å². The molecule has 0 radical (unpaired) electrons. The number of allylic oxidation sites excluding steroid dienone is 2. The van der Waals surface area contributed by atoms with Gasteiger partial charge in [0.1, 0.15) is 0 Å². The third-order valence-electron chi connectivity index (χ3n) is 4.91. The van der Waals surface area contributed by atoms with Crippen LogP contribution in [0.5, 0.6) is 0 Å². The van der Waals surface area contributed by atoms with E-state index >= 15 is 0 Å². The lowest BCUT2D eigenvalue weighted by Crippen LogP contribution is -2.38. The minimum atomic E-state index is -0.226. The lowest BCUT2D eigenvalue weighted by Gasteiger charge is -2.38. The zero-order chi connectivity index (χ0) is 14.7. The zero-order valence-electron chi connectivity index (χ0n) is 11.1. The normalized spacial score (nSPS) is 33.7. The first-order valence-electron chi connectivity index (χ1n) is 7.09. The number of hydrogen-bond acceptors (Lipinski definition) is 2. The first-order valence-corrected chi connectivity index (χ1v) is 7.84. The van der Waals surface area contributed by atoms with Crippen LogP contribution in [0.25, 0.3) is 0 Å². The maximum Gasteiger partial charge on any atom is 0.238 e. The molecular formula is C16H13Cl2NO2. The summed E-state index contributed by atoms with van der Waals surface area (Å²) in [6, 6.07) is 4.86. The van der Waals surface area contributed by atoms with E-state index in [9.17, 15) is 9.59 Å². The summed E-state index contributed by atoms with van der Waals surface area (Å²) >= 11 is 12.2. The van der Waals surface area contributed by atoms with Crippen LogP contribution in [0.2, 0.25) is 10.0 Å². The highest BCUT2D eigenvalue weighted by Crippen LogP contribution is 2.51. The van der Waals surface area contributed by atoms with Gasteiger partial charge in [-0.15, -0.1) is 0 Å². The van der Waals surface area contributed by atoms with Gasteiger partial charge in [0, 0.05) is 5.02 Å². The standard InChI is InChI=1S/C16H13Cl2NO2/c17-10-5-6-11(18)12(7-10)19-15(20)13-8-1-2-9(4-3-8)14(13)16(19)21/h1-2,5-9,13-14H,3-4H2/t8-,9-,13-,14-/m0/s1. The van der Waals surface area contributed by atoms with Gasteiger partial charge in [0.05, 0.1) is 22.5 Å². The quantitative estimate of drug-likeness (QED) is 0.584. The number of anilines is 1. The minimum absolute atomic E-state index is 0.131. The molecule has 2 bridgehead atoms. The molecule has 0 aromatic heterocycles. The van der Waals surface area contributed by atoms with Crippen molar-refractivity contribution in [2.75, 3.05) is 4.90 Å². The van der Waals surface area contributed by atoms with E-state index in [4.69, 9.17) is 23.2 Å². The van der Waals surface area contributed by atoms with Crippen LogP contribution in [-0.4, -0.2) is 11.8 Å². The predicted molar refractivity (Wildman–Crippen MR) is 81.3 cm³/mol. The molecule has 4 aliphatic rings.